The van der Waals surface area contributed by atoms with Crippen molar-refractivity contribution in [3.05, 3.63) is 83.4 Å². The van der Waals surface area contributed by atoms with Gasteiger partial charge >= 0.3 is 0 Å². The molecule has 0 saturated heterocycles. The van der Waals surface area contributed by atoms with Crippen LogP contribution < -0.4 is 15.4 Å². The SMILES string of the molecule is CCc1cccc(C)c1NC(=O)C(CC)Sc1cccc(NC(=O)c2cccc(OC)c2)c1. The van der Waals surface area contributed by atoms with Crippen LogP contribution >= 0.6 is 11.8 Å². The summed E-state index contributed by atoms with van der Waals surface area (Å²) in [4.78, 5) is 26.6. The Labute approximate surface area is 199 Å². The molecule has 33 heavy (non-hydrogen) atoms. The summed E-state index contributed by atoms with van der Waals surface area (Å²) in [5.74, 6) is 0.397. The zero-order valence-electron chi connectivity index (χ0n) is 19.5. The molecule has 0 aliphatic carbocycles. The fourth-order valence-electron chi connectivity index (χ4n) is 3.51. The number of thioether (sulfide) groups is 1. The largest absolute Gasteiger partial charge is 0.497 e. The summed E-state index contributed by atoms with van der Waals surface area (Å²) < 4.78 is 5.20. The van der Waals surface area contributed by atoms with Gasteiger partial charge in [-0.25, -0.2) is 0 Å². The predicted octanol–water partition coefficient (Wildman–Crippen LogP) is 6.33. The van der Waals surface area contributed by atoms with Crippen molar-refractivity contribution in [3.8, 4) is 5.75 Å². The number of ether oxygens (including phenoxy) is 1. The molecule has 172 valence electrons. The van der Waals surface area contributed by atoms with Crippen LogP contribution in [0, 0.1) is 6.92 Å². The molecule has 0 radical (unpaired) electrons. The number of benzene rings is 3. The summed E-state index contributed by atoms with van der Waals surface area (Å²) in [5, 5.41) is 5.81. The fourth-order valence-corrected chi connectivity index (χ4v) is 4.52. The van der Waals surface area contributed by atoms with E-state index < -0.39 is 0 Å². The van der Waals surface area contributed by atoms with Crippen molar-refractivity contribution in [3.63, 3.8) is 0 Å². The molecule has 2 N–H and O–H groups in total. The number of carbonyl (C=O) groups excluding carboxylic acids is 2. The van der Waals surface area contributed by atoms with Crippen molar-refractivity contribution in [1.82, 2.24) is 0 Å². The molecule has 6 heteroatoms. The van der Waals surface area contributed by atoms with Gasteiger partial charge in [-0.1, -0.05) is 44.2 Å². The van der Waals surface area contributed by atoms with Crippen LogP contribution in [-0.4, -0.2) is 24.2 Å². The Kier molecular flexibility index (Phi) is 8.55. The first-order chi connectivity index (χ1) is 15.9. The summed E-state index contributed by atoms with van der Waals surface area (Å²) in [6.45, 7) is 6.10. The molecular weight excluding hydrogens is 432 g/mol. The number of methoxy groups -OCH3 is 1. The van der Waals surface area contributed by atoms with Gasteiger partial charge in [-0.2, -0.15) is 0 Å². The van der Waals surface area contributed by atoms with Gasteiger partial charge in [0, 0.05) is 21.8 Å². The van der Waals surface area contributed by atoms with Crippen LogP contribution in [0.2, 0.25) is 0 Å². The van der Waals surface area contributed by atoms with Gasteiger partial charge in [0.05, 0.1) is 12.4 Å². The van der Waals surface area contributed by atoms with Gasteiger partial charge in [0.15, 0.2) is 0 Å². The molecular formula is C27H30N2O3S. The molecule has 0 saturated carbocycles. The van der Waals surface area contributed by atoms with Gasteiger partial charge in [0.2, 0.25) is 5.91 Å². The van der Waals surface area contributed by atoms with E-state index in [9.17, 15) is 9.59 Å². The van der Waals surface area contributed by atoms with E-state index in [0.717, 1.165) is 28.1 Å². The van der Waals surface area contributed by atoms with Crippen LogP contribution in [0.25, 0.3) is 0 Å². The van der Waals surface area contributed by atoms with E-state index in [1.165, 1.54) is 11.8 Å². The van der Waals surface area contributed by atoms with Crippen LogP contribution in [0.5, 0.6) is 5.75 Å². The lowest BCUT2D eigenvalue weighted by atomic mass is 10.1. The number of rotatable bonds is 9. The van der Waals surface area contributed by atoms with Crippen molar-refractivity contribution in [1.29, 1.82) is 0 Å². The number of amides is 2. The van der Waals surface area contributed by atoms with Gasteiger partial charge in [0.1, 0.15) is 5.75 Å². The molecule has 0 aliphatic heterocycles. The van der Waals surface area contributed by atoms with Crippen molar-refractivity contribution in [2.24, 2.45) is 0 Å². The quantitative estimate of drug-likeness (QED) is 0.365. The maximum atomic E-state index is 13.1. The highest BCUT2D eigenvalue weighted by Gasteiger charge is 2.20. The first kappa shape index (κ1) is 24.4. The van der Waals surface area contributed by atoms with Crippen molar-refractivity contribution in [2.45, 2.75) is 43.8 Å². The van der Waals surface area contributed by atoms with Gasteiger partial charge in [-0.3, -0.25) is 9.59 Å². The average Bonchev–Trinajstić information content (AvgIpc) is 2.83. The monoisotopic (exact) mass is 462 g/mol. The van der Waals surface area contributed by atoms with E-state index in [0.29, 0.717) is 23.4 Å². The molecule has 3 aromatic rings. The molecule has 3 rings (SSSR count). The number of hydrogen-bond donors (Lipinski definition) is 2. The highest BCUT2D eigenvalue weighted by Crippen LogP contribution is 2.30. The maximum Gasteiger partial charge on any atom is 0.255 e. The summed E-state index contributed by atoms with van der Waals surface area (Å²) in [5.41, 5.74) is 4.29. The van der Waals surface area contributed by atoms with Crippen molar-refractivity contribution in [2.75, 3.05) is 17.7 Å². The molecule has 2 amide bonds. The fraction of sp³-hybridized carbons (Fsp3) is 0.259. The van der Waals surface area contributed by atoms with Crippen LogP contribution in [0.3, 0.4) is 0 Å². The normalized spacial score (nSPS) is 11.5. The van der Waals surface area contributed by atoms with Crippen LogP contribution in [0.4, 0.5) is 11.4 Å². The Morgan fingerprint density at radius 2 is 1.73 bits per heavy atom. The number of para-hydroxylation sites is 1. The summed E-state index contributed by atoms with van der Waals surface area (Å²) in [7, 11) is 1.57. The third-order valence-electron chi connectivity index (χ3n) is 5.35. The zero-order valence-corrected chi connectivity index (χ0v) is 20.3. The molecule has 3 aromatic carbocycles. The van der Waals surface area contributed by atoms with Crippen LogP contribution in [0.1, 0.15) is 41.8 Å². The molecule has 5 nitrogen and oxygen atoms in total. The summed E-state index contributed by atoms with van der Waals surface area (Å²) in [6, 6.07) is 20.6. The minimum Gasteiger partial charge on any atom is -0.497 e. The zero-order chi connectivity index (χ0) is 23.8. The summed E-state index contributed by atoms with van der Waals surface area (Å²) in [6.07, 6.45) is 1.54. The molecule has 0 spiro atoms. The number of aryl methyl sites for hydroxylation is 2. The molecule has 0 aromatic heterocycles. The third-order valence-corrected chi connectivity index (χ3v) is 6.71. The number of carbonyl (C=O) groups is 2. The van der Waals surface area contributed by atoms with E-state index in [1.807, 2.05) is 56.3 Å². The topological polar surface area (TPSA) is 67.4 Å². The number of hydrogen-bond acceptors (Lipinski definition) is 4. The lowest BCUT2D eigenvalue weighted by Crippen LogP contribution is -2.25. The molecule has 1 unspecified atom stereocenters. The molecule has 0 heterocycles. The first-order valence-electron chi connectivity index (χ1n) is 11.1. The second-order valence-electron chi connectivity index (χ2n) is 7.68. The molecule has 0 bridgehead atoms. The van der Waals surface area contributed by atoms with Crippen LogP contribution in [0.15, 0.2) is 71.6 Å². The highest BCUT2D eigenvalue weighted by atomic mass is 32.2. The smallest absolute Gasteiger partial charge is 0.255 e. The predicted molar refractivity (Wildman–Crippen MR) is 137 cm³/mol. The van der Waals surface area contributed by atoms with E-state index in [-0.39, 0.29) is 17.1 Å². The van der Waals surface area contributed by atoms with Crippen molar-refractivity contribution < 1.29 is 14.3 Å². The Bertz CT molecular complexity index is 1130. The van der Waals surface area contributed by atoms with E-state index in [1.54, 1.807) is 31.4 Å². The van der Waals surface area contributed by atoms with Gasteiger partial charge < -0.3 is 15.4 Å². The minimum absolute atomic E-state index is 0.0164. The minimum atomic E-state index is -0.251. The highest BCUT2D eigenvalue weighted by molar-refractivity contribution is 8.00. The Balaban J connectivity index is 1.70. The van der Waals surface area contributed by atoms with E-state index in [2.05, 4.69) is 17.6 Å². The standard InChI is InChI=1S/C27H30N2O3S/c1-5-19-11-7-10-18(3)25(19)29-27(31)24(6-2)33-23-15-9-13-21(17-23)28-26(30)20-12-8-14-22(16-20)32-4/h7-17,24H,5-6H2,1-4H3,(H,28,30)(H,29,31). The second-order valence-corrected chi connectivity index (χ2v) is 8.96. The second kappa shape index (κ2) is 11.6. The van der Waals surface area contributed by atoms with Gasteiger partial charge in [0.25, 0.3) is 5.91 Å². The molecule has 0 fully saturated rings. The summed E-state index contributed by atoms with van der Waals surface area (Å²) >= 11 is 1.50. The Hall–Kier alpha value is -3.25. The number of anilines is 2. The lowest BCUT2D eigenvalue weighted by molar-refractivity contribution is -0.115. The Morgan fingerprint density at radius 1 is 0.970 bits per heavy atom. The van der Waals surface area contributed by atoms with Gasteiger partial charge in [-0.15, -0.1) is 11.8 Å². The average molecular weight is 463 g/mol. The Morgan fingerprint density at radius 3 is 2.45 bits per heavy atom. The lowest BCUT2D eigenvalue weighted by Gasteiger charge is -2.18. The van der Waals surface area contributed by atoms with Crippen LogP contribution in [-0.2, 0) is 11.2 Å². The maximum absolute atomic E-state index is 13.1. The van der Waals surface area contributed by atoms with E-state index in [4.69, 9.17) is 4.74 Å². The van der Waals surface area contributed by atoms with Gasteiger partial charge in [-0.05, 0) is 67.3 Å². The first-order valence-corrected chi connectivity index (χ1v) is 11.9. The van der Waals surface area contributed by atoms with Crippen molar-refractivity contribution >= 4 is 35.0 Å². The third kappa shape index (κ3) is 6.39. The molecule has 1 atom stereocenters. The van der Waals surface area contributed by atoms with E-state index >= 15 is 0 Å². The molecule has 0 aliphatic rings. The number of nitrogens with one attached hydrogen (secondary N) is 2.